The summed E-state index contributed by atoms with van der Waals surface area (Å²) in [6, 6.07) is 4.98. The Morgan fingerprint density at radius 2 is 1.38 bits per heavy atom. The quantitative estimate of drug-likeness (QED) is 0.530. The largest absolute Gasteiger partial charge is 0.205 e. The van der Waals surface area contributed by atoms with E-state index in [4.69, 9.17) is 11.6 Å². The van der Waals surface area contributed by atoms with Crippen molar-refractivity contribution in [1.82, 2.24) is 0 Å². The Kier molecular flexibility index (Phi) is 4.79. The maximum atomic E-state index is 13.7. The second-order valence-corrected chi connectivity index (χ2v) is 6.90. The van der Waals surface area contributed by atoms with Crippen LogP contribution in [0, 0.1) is 40.4 Å². The molecule has 0 saturated carbocycles. The van der Waals surface area contributed by atoms with Crippen molar-refractivity contribution in [2.24, 2.45) is 0 Å². The zero-order valence-electron chi connectivity index (χ0n) is 12.9. The van der Waals surface area contributed by atoms with E-state index < -0.39 is 0 Å². The van der Waals surface area contributed by atoms with Gasteiger partial charge in [0.1, 0.15) is 5.82 Å². The summed E-state index contributed by atoms with van der Waals surface area (Å²) in [5.74, 6) is -0.380. The molecule has 0 spiro atoms. The van der Waals surface area contributed by atoms with Gasteiger partial charge in [0.2, 0.25) is 0 Å². The number of hydrogen-bond acceptors (Lipinski definition) is 0. The van der Waals surface area contributed by atoms with Gasteiger partial charge in [-0.15, -0.1) is 0 Å². The van der Waals surface area contributed by atoms with Crippen LogP contribution in [0.15, 0.2) is 18.2 Å². The van der Waals surface area contributed by atoms with Gasteiger partial charge in [-0.25, -0.2) is 4.39 Å². The number of benzene rings is 2. The topological polar surface area (TPSA) is 0 Å². The van der Waals surface area contributed by atoms with Crippen molar-refractivity contribution in [3.63, 3.8) is 0 Å². The number of alkyl halides is 1. The lowest BCUT2D eigenvalue weighted by molar-refractivity contribution is 0.626. The Morgan fingerprint density at radius 3 is 1.86 bits per heavy atom. The van der Waals surface area contributed by atoms with E-state index in [0.29, 0.717) is 0 Å². The zero-order valence-corrected chi connectivity index (χ0v) is 15.3. The summed E-state index contributed by atoms with van der Waals surface area (Å²) in [5.41, 5.74) is 8.54. The molecule has 2 rings (SSSR count). The third-order valence-electron chi connectivity index (χ3n) is 4.55. The lowest BCUT2D eigenvalue weighted by Crippen LogP contribution is -2.06. The molecule has 0 amide bonds. The minimum absolute atomic E-state index is 0.0396. The molecule has 0 bridgehead atoms. The molecule has 0 aliphatic carbocycles. The molecule has 0 saturated heterocycles. The molecule has 0 fully saturated rings. The number of hydrogen-bond donors (Lipinski definition) is 0. The van der Waals surface area contributed by atoms with E-state index in [-0.39, 0.29) is 15.7 Å². The van der Waals surface area contributed by atoms with E-state index in [1.54, 1.807) is 6.07 Å². The van der Waals surface area contributed by atoms with Gasteiger partial charge in [-0.1, -0.05) is 33.6 Å². The predicted octanol–water partition coefficient (Wildman–Crippen LogP) is 6.51. The zero-order chi connectivity index (χ0) is 15.9. The summed E-state index contributed by atoms with van der Waals surface area (Å²) in [4.78, 5) is -0.0396. The van der Waals surface area contributed by atoms with Gasteiger partial charge in [-0.2, -0.15) is 0 Å². The first kappa shape index (κ1) is 16.5. The third-order valence-corrected chi connectivity index (χ3v) is 5.84. The first-order valence-corrected chi connectivity index (χ1v) is 8.21. The lowest BCUT2D eigenvalue weighted by atomic mass is 9.87. The van der Waals surface area contributed by atoms with Crippen LogP contribution in [0.25, 0.3) is 0 Å². The minimum Gasteiger partial charge on any atom is -0.205 e. The van der Waals surface area contributed by atoms with E-state index >= 15 is 0 Å². The van der Waals surface area contributed by atoms with Crippen LogP contribution >= 0.6 is 27.5 Å². The van der Waals surface area contributed by atoms with Gasteiger partial charge < -0.3 is 0 Å². The van der Waals surface area contributed by atoms with Crippen molar-refractivity contribution in [1.29, 1.82) is 0 Å². The maximum absolute atomic E-state index is 13.7. The number of rotatable bonds is 2. The van der Waals surface area contributed by atoms with E-state index in [9.17, 15) is 4.39 Å². The van der Waals surface area contributed by atoms with E-state index in [0.717, 1.165) is 5.56 Å². The molecule has 2 aromatic rings. The predicted molar refractivity (Wildman–Crippen MR) is 92.3 cm³/mol. The smallest absolute Gasteiger partial charge is 0.142 e. The molecule has 0 heterocycles. The molecule has 0 aliphatic heterocycles. The fraction of sp³-hybridized carbons (Fsp3) is 0.333. The first-order valence-electron chi connectivity index (χ1n) is 6.91. The standard InChI is InChI=1S/C18H19BrClF/c1-9-10(2)12(4)17(13(5)11(9)3)18(19)14-6-7-15(20)16(21)8-14/h6-8,18H,1-5H3. The van der Waals surface area contributed by atoms with Crippen LogP contribution < -0.4 is 0 Å². The molecule has 0 nitrogen and oxygen atoms in total. The highest BCUT2D eigenvalue weighted by Crippen LogP contribution is 2.39. The third kappa shape index (κ3) is 2.89. The van der Waals surface area contributed by atoms with Gasteiger partial charge in [0.25, 0.3) is 0 Å². The molecule has 0 N–H and O–H groups in total. The van der Waals surface area contributed by atoms with Gasteiger partial charge in [0.15, 0.2) is 0 Å². The molecular weight excluding hydrogens is 351 g/mol. The highest BCUT2D eigenvalue weighted by Gasteiger charge is 2.20. The van der Waals surface area contributed by atoms with Crippen LogP contribution in [0.3, 0.4) is 0 Å². The van der Waals surface area contributed by atoms with Gasteiger partial charge in [-0.3, -0.25) is 0 Å². The maximum Gasteiger partial charge on any atom is 0.142 e. The Labute approximate surface area is 139 Å². The molecule has 112 valence electrons. The molecule has 1 atom stereocenters. The molecule has 0 aromatic heterocycles. The average Bonchev–Trinajstić information content (AvgIpc) is 2.46. The summed E-state index contributed by atoms with van der Waals surface area (Å²) < 4.78 is 13.7. The second-order valence-electron chi connectivity index (χ2n) is 5.57. The fourth-order valence-electron chi connectivity index (χ4n) is 2.75. The van der Waals surface area contributed by atoms with Crippen LogP contribution in [0.1, 0.15) is 43.8 Å². The van der Waals surface area contributed by atoms with E-state index in [1.807, 2.05) is 6.07 Å². The van der Waals surface area contributed by atoms with Crippen molar-refractivity contribution < 1.29 is 4.39 Å². The summed E-state index contributed by atoms with van der Waals surface area (Å²) >= 11 is 9.51. The second kappa shape index (κ2) is 6.10. The Morgan fingerprint density at radius 1 is 0.905 bits per heavy atom. The fourth-order valence-corrected chi connectivity index (χ4v) is 3.83. The first-order chi connectivity index (χ1) is 9.75. The van der Waals surface area contributed by atoms with Crippen molar-refractivity contribution in [2.75, 3.05) is 0 Å². The van der Waals surface area contributed by atoms with Crippen molar-refractivity contribution in [2.45, 2.75) is 39.4 Å². The van der Waals surface area contributed by atoms with Crippen LogP contribution in [-0.2, 0) is 0 Å². The van der Waals surface area contributed by atoms with Crippen LogP contribution in [0.2, 0.25) is 5.02 Å². The molecule has 0 aliphatic rings. The highest BCUT2D eigenvalue weighted by atomic mass is 79.9. The minimum atomic E-state index is -0.380. The summed E-state index contributed by atoms with van der Waals surface area (Å²) in [6.45, 7) is 10.7. The Balaban J connectivity index is 2.63. The SMILES string of the molecule is Cc1c(C)c(C)c(C(Br)c2ccc(Cl)c(F)c2)c(C)c1C. The van der Waals surface area contributed by atoms with Crippen LogP contribution in [0.5, 0.6) is 0 Å². The molecule has 1 unspecified atom stereocenters. The monoisotopic (exact) mass is 368 g/mol. The Hall–Kier alpha value is -0.860. The summed E-state index contributed by atoms with van der Waals surface area (Å²) in [5, 5.41) is 0.156. The molecule has 0 radical (unpaired) electrons. The van der Waals surface area contributed by atoms with E-state index in [2.05, 4.69) is 50.5 Å². The number of halogens is 3. The van der Waals surface area contributed by atoms with Gasteiger partial charge in [-0.05, 0) is 85.7 Å². The average molecular weight is 370 g/mol. The van der Waals surface area contributed by atoms with Gasteiger partial charge in [0, 0.05) is 0 Å². The highest BCUT2D eigenvalue weighted by molar-refractivity contribution is 9.09. The van der Waals surface area contributed by atoms with Crippen molar-refractivity contribution in [3.05, 3.63) is 68.0 Å². The molecule has 3 heteroatoms. The molecule has 2 aromatic carbocycles. The van der Waals surface area contributed by atoms with E-state index in [1.165, 1.54) is 39.4 Å². The van der Waals surface area contributed by atoms with Gasteiger partial charge >= 0.3 is 0 Å². The van der Waals surface area contributed by atoms with Crippen LogP contribution in [-0.4, -0.2) is 0 Å². The lowest BCUT2D eigenvalue weighted by Gasteiger charge is -2.22. The van der Waals surface area contributed by atoms with Crippen LogP contribution in [0.4, 0.5) is 4.39 Å². The molecule has 21 heavy (non-hydrogen) atoms. The Bertz CT molecular complexity index is 678. The van der Waals surface area contributed by atoms with Crippen molar-refractivity contribution in [3.8, 4) is 0 Å². The van der Waals surface area contributed by atoms with Crippen molar-refractivity contribution >= 4 is 27.5 Å². The van der Waals surface area contributed by atoms with Gasteiger partial charge in [0.05, 0.1) is 9.85 Å². The summed E-state index contributed by atoms with van der Waals surface area (Å²) in [7, 11) is 0. The summed E-state index contributed by atoms with van der Waals surface area (Å²) in [6.07, 6.45) is 0. The normalized spacial score (nSPS) is 12.6. The molecular formula is C18H19BrClF.